The lowest BCUT2D eigenvalue weighted by atomic mass is 10.2. The minimum Gasteiger partial charge on any atom is -0.481 e. The van der Waals surface area contributed by atoms with Crippen LogP contribution in [-0.4, -0.2) is 12.5 Å². The molecule has 2 rings (SSSR count). The van der Waals surface area contributed by atoms with E-state index < -0.39 is 5.82 Å². The summed E-state index contributed by atoms with van der Waals surface area (Å²) in [5.74, 6) is 2.33. The standard InChI is InChI=1S/C18H17FN2O2/c1-3-10-23-16-7-4-14(5-8-16)12-20-15-6-9-17(19)18(11-15)21-13(2)22/h1,4-9,11,20H,10,12H2,2H3,(H,21,22). The minimum absolute atomic E-state index is 0.153. The summed E-state index contributed by atoms with van der Waals surface area (Å²) in [7, 11) is 0. The molecule has 2 N–H and O–H groups in total. The van der Waals surface area contributed by atoms with E-state index in [-0.39, 0.29) is 18.2 Å². The summed E-state index contributed by atoms with van der Waals surface area (Å²) in [4.78, 5) is 11.0. The first-order valence-corrected chi connectivity index (χ1v) is 7.04. The number of ether oxygens (including phenoxy) is 1. The van der Waals surface area contributed by atoms with Gasteiger partial charge in [0.25, 0.3) is 0 Å². The van der Waals surface area contributed by atoms with Gasteiger partial charge in [-0.15, -0.1) is 6.42 Å². The van der Waals surface area contributed by atoms with Gasteiger partial charge >= 0.3 is 0 Å². The van der Waals surface area contributed by atoms with E-state index in [1.807, 2.05) is 24.3 Å². The number of carbonyl (C=O) groups is 1. The van der Waals surface area contributed by atoms with E-state index in [0.29, 0.717) is 18.0 Å². The fourth-order valence-corrected chi connectivity index (χ4v) is 1.95. The third-order valence-corrected chi connectivity index (χ3v) is 3.02. The van der Waals surface area contributed by atoms with Crippen LogP contribution in [-0.2, 0) is 11.3 Å². The van der Waals surface area contributed by atoms with Gasteiger partial charge in [-0.2, -0.15) is 0 Å². The summed E-state index contributed by atoms with van der Waals surface area (Å²) in [6, 6.07) is 12.0. The molecule has 118 valence electrons. The van der Waals surface area contributed by atoms with Crippen LogP contribution in [0.5, 0.6) is 5.75 Å². The maximum Gasteiger partial charge on any atom is 0.221 e. The van der Waals surface area contributed by atoms with E-state index >= 15 is 0 Å². The minimum atomic E-state index is -0.472. The number of halogens is 1. The molecule has 2 aromatic rings. The summed E-state index contributed by atoms with van der Waals surface area (Å²) in [5.41, 5.74) is 1.90. The van der Waals surface area contributed by atoms with Gasteiger partial charge in [0.05, 0.1) is 5.69 Å². The monoisotopic (exact) mass is 312 g/mol. The van der Waals surface area contributed by atoms with Crippen LogP contribution in [0.15, 0.2) is 42.5 Å². The Balaban J connectivity index is 1.98. The summed E-state index contributed by atoms with van der Waals surface area (Å²) >= 11 is 0. The zero-order valence-corrected chi connectivity index (χ0v) is 12.7. The number of nitrogens with one attached hydrogen (secondary N) is 2. The van der Waals surface area contributed by atoms with Crippen molar-refractivity contribution in [2.24, 2.45) is 0 Å². The van der Waals surface area contributed by atoms with Gasteiger partial charge in [0.2, 0.25) is 5.91 Å². The molecule has 0 aromatic heterocycles. The Kier molecular flexibility index (Phi) is 5.59. The molecule has 0 aliphatic heterocycles. The molecule has 0 heterocycles. The predicted octanol–water partition coefficient (Wildman–Crippen LogP) is 3.41. The van der Waals surface area contributed by atoms with Gasteiger partial charge in [-0.1, -0.05) is 18.1 Å². The van der Waals surface area contributed by atoms with Crippen molar-refractivity contribution in [3.63, 3.8) is 0 Å². The van der Waals surface area contributed by atoms with E-state index in [4.69, 9.17) is 11.2 Å². The van der Waals surface area contributed by atoms with Crippen molar-refractivity contribution in [1.82, 2.24) is 0 Å². The van der Waals surface area contributed by atoms with Crippen molar-refractivity contribution >= 4 is 17.3 Å². The average molecular weight is 312 g/mol. The Labute approximate surface area is 134 Å². The van der Waals surface area contributed by atoms with E-state index in [0.717, 1.165) is 5.56 Å². The van der Waals surface area contributed by atoms with E-state index in [1.54, 1.807) is 12.1 Å². The van der Waals surface area contributed by atoms with Gasteiger partial charge in [-0.05, 0) is 35.9 Å². The summed E-state index contributed by atoms with van der Waals surface area (Å²) in [6.45, 7) is 2.13. The first kappa shape index (κ1) is 16.4. The predicted molar refractivity (Wildman–Crippen MR) is 88.8 cm³/mol. The second kappa shape index (κ2) is 7.85. The number of benzene rings is 2. The van der Waals surface area contributed by atoms with Crippen molar-refractivity contribution in [1.29, 1.82) is 0 Å². The maximum atomic E-state index is 13.6. The molecule has 0 aliphatic rings. The quantitative estimate of drug-likeness (QED) is 0.804. The molecule has 0 fully saturated rings. The molecule has 0 radical (unpaired) electrons. The van der Waals surface area contributed by atoms with Crippen molar-refractivity contribution in [2.75, 3.05) is 17.2 Å². The number of amides is 1. The molecule has 0 saturated carbocycles. The number of anilines is 2. The summed E-state index contributed by atoms with van der Waals surface area (Å²) in [5, 5.41) is 5.63. The largest absolute Gasteiger partial charge is 0.481 e. The average Bonchev–Trinajstić information content (AvgIpc) is 2.54. The molecule has 0 spiro atoms. The highest BCUT2D eigenvalue weighted by molar-refractivity contribution is 5.89. The number of rotatable bonds is 6. The molecule has 2 aromatic carbocycles. The number of hydrogen-bond acceptors (Lipinski definition) is 3. The van der Waals surface area contributed by atoms with Crippen LogP contribution in [0.25, 0.3) is 0 Å². The van der Waals surface area contributed by atoms with Gasteiger partial charge in [0.15, 0.2) is 0 Å². The second-order valence-corrected chi connectivity index (χ2v) is 4.87. The van der Waals surface area contributed by atoms with Crippen LogP contribution < -0.4 is 15.4 Å². The number of carbonyl (C=O) groups excluding carboxylic acids is 1. The molecular weight excluding hydrogens is 295 g/mol. The fraction of sp³-hybridized carbons (Fsp3) is 0.167. The van der Waals surface area contributed by atoms with Crippen LogP contribution in [0.2, 0.25) is 0 Å². The highest BCUT2D eigenvalue weighted by Gasteiger charge is 2.05. The molecule has 1 amide bonds. The Morgan fingerprint density at radius 2 is 2.00 bits per heavy atom. The molecule has 0 atom stereocenters. The lowest BCUT2D eigenvalue weighted by molar-refractivity contribution is -0.114. The van der Waals surface area contributed by atoms with Crippen molar-refractivity contribution in [3.8, 4) is 18.1 Å². The third kappa shape index (κ3) is 5.04. The lowest BCUT2D eigenvalue weighted by Crippen LogP contribution is -2.08. The number of terminal acetylenes is 1. The lowest BCUT2D eigenvalue weighted by Gasteiger charge is -2.10. The molecule has 4 nitrogen and oxygen atoms in total. The van der Waals surface area contributed by atoms with Crippen LogP contribution in [0.4, 0.5) is 15.8 Å². The SMILES string of the molecule is C#CCOc1ccc(CNc2ccc(F)c(NC(C)=O)c2)cc1. The van der Waals surface area contributed by atoms with E-state index in [2.05, 4.69) is 16.6 Å². The van der Waals surface area contributed by atoms with Crippen molar-refractivity contribution in [2.45, 2.75) is 13.5 Å². The zero-order chi connectivity index (χ0) is 16.7. The van der Waals surface area contributed by atoms with Crippen molar-refractivity contribution in [3.05, 3.63) is 53.8 Å². The van der Waals surface area contributed by atoms with Crippen molar-refractivity contribution < 1.29 is 13.9 Å². The first-order valence-electron chi connectivity index (χ1n) is 7.04. The van der Waals surface area contributed by atoms with Crippen LogP contribution >= 0.6 is 0 Å². The van der Waals surface area contributed by atoms with Gasteiger partial charge in [-0.25, -0.2) is 4.39 Å². The van der Waals surface area contributed by atoms with Gasteiger partial charge in [0, 0.05) is 19.2 Å². The van der Waals surface area contributed by atoms with Crippen LogP contribution in [0.1, 0.15) is 12.5 Å². The molecular formula is C18H17FN2O2. The molecule has 0 bridgehead atoms. The molecule has 5 heteroatoms. The Hall–Kier alpha value is -3.00. The van der Waals surface area contributed by atoms with E-state index in [9.17, 15) is 9.18 Å². The van der Waals surface area contributed by atoms with Gasteiger partial charge < -0.3 is 15.4 Å². The summed E-state index contributed by atoms with van der Waals surface area (Å²) in [6.07, 6.45) is 5.13. The Morgan fingerprint density at radius 1 is 1.26 bits per heavy atom. The Bertz CT molecular complexity index is 721. The van der Waals surface area contributed by atoms with Crippen LogP contribution in [0.3, 0.4) is 0 Å². The normalized spacial score (nSPS) is 9.78. The Morgan fingerprint density at radius 3 is 2.65 bits per heavy atom. The zero-order valence-electron chi connectivity index (χ0n) is 12.7. The molecule has 0 aliphatic carbocycles. The number of hydrogen-bond donors (Lipinski definition) is 2. The highest BCUT2D eigenvalue weighted by Crippen LogP contribution is 2.20. The van der Waals surface area contributed by atoms with E-state index in [1.165, 1.54) is 13.0 Å². The smallest absolute Gasteiger partial charge is 0.221 e. The maximum absolute atomic E-state index is 13.6. The molecule has 23 heavy (non-hydrogen) atoms. The first-order chi connectivity index (χ1) is 11.1. The van der Waals surface area contributed by atoms with Gasteiger partial charge in [0.1, 0.15) is 18.2 Å². The fourth-order valence-electron chi connectivity index (χ4n) is 1.95. The second-order valence-electron chi connectivity index (χ2n) is 4.87. The molecule has 0 saturated heterocycles. The highest BCUT2D eigenvalue weighted by atomic mass is 19.1. The van der Waals surface area contributed by atoms with Gasteiger partial charge in [-0.3, -0.25) is 4.79 Å². The molecule has 0 unspecified atom stereocenters. The van der Waals surface area contributed by atoms with Crippen LogP contribution in [0, 0.1) is 18.2 Å². The summed E-state index contributed by atoms with van der Waals surface area (Å²) < 4.78 is 18.9. The third-order valence-electron chi connectivity index (χ3n) is 3.02. The topological polar surface area (TPSA) is 50.4 Å².